The molecule has 0 radical (unpaired) electrons. The Morgan fingerprint density at radius 3 is 2.85 bits per heavy atom. The molecule has 3 aromatic rings. The van der Waals surface area contributed by atoms with E-state index in [0.717, 1.165) is 41.0 Å². The lowest BCUT2D eigenvalue weighted by Crippen LogP contribution is -2.29. The monoisotopic (exact) mass is 367 g/mol. The van der Waals surface area contributed by atoms with Gasteiger partial charge in [-0.05, 0) is 44.0 Å². The zero-order chi connectivity index (χ0) is 18.8. The van der Waals surface area contributed by atoms with Gasteiger partial charge in [0.05, 0.1) is 30.8 Å². The standard InChI is InChI=1S/C20H25N5O2/c1-13-5-4-9-25(13)10-8-18-22-16-7-6-14(11-17(16)23-18)15-12-21-20(27-3)24-19(15)26-2/h6-7,11-13H,4-5,8-10H2,1-3H3,(H,22,23). The van der Waals surface area contributed by atoms with E-state index >= 15 is 0 Å². The van der Waals surface area contributed by atoms with E-state index in [0.29, 0.717) is 11.9 Å². The summed E-state index contributed by atoms with van der Waals surface area (Å²) in [6.07, 6.45) is 5.26. The van der Waals surface area contributed by atoms with Crippen LogP contribution in [0.5, 0.6) is 11.9 Å². The maximum Gasteiger partial charge on any atom is 0.319 e. The summed E-state index contributed by atoms with van der Waals surface area (Å²) in [6.45, 7) is 4.55. The minimum Gasteiger partial charge on any atom is -0.480 e. The molecule has 0 saturated carbocycles. The van der Waals surface area contributed by atoms with Crippen LogP contribution >= 0.6 is 0 Å². The van der Waals surface area contributed by atoms with Gasteiger partial charge in [-0.3, -0.25) is 0 Å². The van der Waals surface area contributed by atoms with E-state index in [1.807, 2.05) is 12.1 Å². The van der Waals surface area contributed by atoms with Gasteiger partial charge in [-0.15, -0.1) is 0 Å². The molecule has 3 heterocycles. The first kappa shape index (κ1) is 17.7. The molecular weight excluding hydrogens is 342 g/mol. The largest absolute Gasteiger partial charge is 0.480 e. The maximum atomic E-state index is 5.40. The third-order valence-corrected chi connectivity index (χ3v) is 5.28. The van der Waals surface area contributed by atoms with Gasteiger partial charge < -0.3 is 19.4 Å². The Morgan fingerprint density at radius 2 is 2.11 bits per heavy atom. The zero-order valence-corrected chi connectivity index (χ0v) is 16.0. The highest BCUT2D eigenvalue weighted by Crippen LogP contribution is 2.30. The number of rotatable bonds is 6. The zero-order valence-electron chi connectivity index (χ0n) is 16.0. The second-order valence-electron chi connectivity index (χ2n) is 6.97. The first-order valence-electron chi connectivity index (χ1n) is 9.36. The van der Waals surface area contributed by atoms with Gasteiger partial charge in [0.15, 0.2) is 0 Å². The van der Waals surface area contributed by atoms with E-state index in [1.54, 1.807) is 13.3 Å². The highest BCUT2D eigenvalue weighted by molar-refractivity contribution is 5.83. The molecular formula is C20H25N5O2. The van der Waals surface area contributed by atoms with E-state index in [2.05, 4.69) is 32.8 Å². The van der Waals surface area contributed by atoms with Crippen LogP contribution in [0.4, 0.5) is 0 Å². The van der Waals surface area contributed by atoms with E-state index in [4.69, 9.17) is 14.5 Å². The predicted molar refractivity (Wildman–Crippen MR) is 104 cm³/mol. The van der Waals surface area contributed by atoms with E-state index in [9.17, 15) is 0 Å². The molecule has 7 heteroatoms. The Kier molecular flexibility index (Phi) is 4.94. The van der Waals surface area contributed by atoms with Crippen LogP contribution in [0.2, 0.25) is 0 Å². The van der Waals surface area contributed by atoms with Crippen molar-refractivity contribution < 1.29 is 9.47 Å². The van der Waals surface area contributed by atoms with Crippen molar-refractivity contribution in [2.45, 2.75) is 32.2 Å². The molecule has 1 atom stereocenters. The van der Waals surface area contributed by atoms with Crippen molar-refractivity contribution in [1.82, 2.24) is 24.8 Å². The summed E-state index contributed by atoms with van der Waals surface area (Å²) in [5.41, 5.74) is 3.78. The number of nitrogens with one attached hydrogen (secondary N) is 1. The number of imidazole rings is 1. The quantitative estimate of drug-likeness (QED) is 0.722. The fourth-order valence-corrected chi connectivity index (χ4v) is 3.73. The number of hydrogen-bond donors (Lipinski definition) is 1. The number of aromatic nitrogens is 4. The molecule has 142 valence electrons. The smallest absolute Gasteiger partial charge is 0.319 e. The van der Waals surface area contributed by atoms with E-state index in [1.165, 1.54) is 26.5 Å². The average Bonchev–Trinajstić information content (AvgIpc) is 3.30. The Bertz CT molecular complexity index is 939. The van der Waals surface area contributed by atoms with Crippen LogP contribution in [0.1, 0.15) is 25.6 Å². The van der Waals surface area contributed by atoms with Crippen molar-refractivity contribution in [3.8, 4) is 23.0 Å². The van der Waals surface area contributed by atoms with Crippen LogP contribution in [0.3, 0.4) is 0 Å². The average molecular weight is 367 g/mol. The lowest BCUT2D eigenvalue weighted by Gasteiger charge is -2.19. The number of hydrogen-bond acceptors (Lipinski definition) is 6. The molecule has 4 rings (SSSR count). The van der Waals surface area contributed by atoms with Crippen LogP contribution < -0.4 is 9.47 Å². The Labute approximate surface area is 158 Å². The van der Waals surface area contributed by atoms with Crippen LogP contribution in [0.15, 0.2) is 24.4 Å². The summed E-state index contributed by atoms with van der Waals surface area (Å²) in [6, 6.07) is 7.08. The second-order valence-corrected chi connectivity index (χ2v) is 6.97. The van der Waals surface area contributed by atoms with Crippen molar-refractivity contribution in [3.05, 3.63) is 30.2 Å². The molecule has 0 spiro atoms. The van der Waals surface area contributed by atoms with Crippen LogP contribution in [0, 0.1) is 0 Å². The number of benzene rings is 1. The minimum absolute atomic E-state index is 0.289. The normalized spacial score (nSPS) is 17.5. The van der Waals surface area contributed by atoms with Gasteiger partial charge in [0, 0.05) is 25.2 Å². The molecule has 1 aliphatic rings. The summed E-state index contributed by atoms with van der Waals surface area (Å²) in [5.74, 6) is 1.52. The molecule has 1 saturated heterocycles. The Morgan fingerprint density at radius 1 is 1.22 bits per heavy atom. The summed E-state index contributed by atoms with van der Waals surface area (Å²) in [4.78, 5) is 19.2. The molecule has 1 aromatic carbocycles. The minimum atomic E-state index is 0.289. The van der Waals surface area contributed by atoms with Crippen LogP contribution in [0.25, 0.3) is 22.2 Å². The van der Waals surface area contributed by atoms with Gasteiger partial charge >= 0.3 is 6.01 Å². The van der Waals surface area contributed by atoms with Crippen molar-refractivity contribution >= 4 is 11.0 Å². The highest BCUT2D eigenvalue weighted by Gasteiger charge is 2.20. The second kappa shape index (κ2) is 7.52. The number of fused-ring (bicyclic) bond motifs is 1. The van der Waals surface area contributed by atoms with Gasteiger partial charge in [0.25, 0.3) is 0 Å². The summed E-state index contributed by atoms with van der Waals surface area (Å²) in [7, 11) is 3.13. The number of nitrogens with zero attached hydrogens (tertiary/aromatic N) is 4. The summed E-state index contributed by atoms with van der Waals surface area (Å²) >= 11 is 0. The van der Waals surface area contributed by atoms with E-state index < -0.39 is 0 Å². The molecule has 0 bridgehead atoms. The van der Waals surface area contributed by atoms with Crippen molar-refractivity contribution in [3.63, 3.8) is 0 Å². The molecule has 1 N–H and O–H groups in total. The Balaban J connectivity index is 1.57. The van der Waals surface area contributed by atoms with E-state index in [-0.39, 0.29) is 6.01 Å². The number of methoxy groups -OCH3 is 2. The van der Waals surface area contributed by atoms with Crippen LogP contribution in [-0.2, 0) is 6.42 Å². The summed E-state index contributed by atoms with van der Waals surface area (Å²) in [5, 5.41) is 0. The predicted octanol–water partition coefficient (Wildman–Crippen LogP) is 3.06. The molecule has 2 aromatic heterocycles. The maximum absolute atomic E-state index is 5.40. The molecule has 7 nitrogen and oxygen atoms in total. The highest BCUT2D eigenvalue weighted by atomic mass is 16.5. The van der Waals surface area contributed by atoms with Gasteiger partial charge in [-0.1, -0.05) is 6.07 Å². The summed E-state index contributed by atoms with van der Waals surface area (Å²) < 4.78 is 10.5. The third kappa shape index (κ3) is 3.60. The van der Waals surface area contributed by atoms with Crippen molar-refractivity contribution in [1.29, 1.82) is 0 Å². The fourth-order valence-electron chi connectivity index (χ4n) is 3.73. The molecule has 0 aliphatic carbocycles. The SMILES string of the molecule is COc1ncc(-c2ccc3nc(CCN4CCCC4C)[nH]c3c2)c(OC)n1. The number of aromatic amines is 1. The number of H-pyrrole nitrogens is 1. The molecule has 1 aliphatic heterocycles. The first-order valence-corrected chi connectivity index (χ1v) is 9.36. The van der Waals surface area contributed by atoms with Gasteiger partial charge in [-0.2, -0.15) is 4.98 Å². The molecule has 0 amide bonds. The first-order chi connectivity index (χ1) is 13.2. The molecule has 1 unspecified atom stereocenters. The van der Waals surface area contributed by atoms with Gasteiger partial charge in [0.2, 0.25) is 5.88 Å². The molecule has 27 heavy (non-hydrogen) atoms. The van der Waals surface area contributed by atoms with Gasteiger partial charge in [-0.25, -0.2) is 9.97 Å². The lowest BCUT2D eigenvalue weighted by molar-refractivity contribution is 0.271. The third-order valence-electron chi connectivity index (χ3n) is 5.28. The lowest BCUT2D eigenvalue weighted by atomic mass is 10.1. The van der Waals surface area contributed by atoms with Crippen molar-refractivity contribution in [2.24, 2.45) is 0 Å². The number of ether oxygens (including phenoxy) is 2. The van der Waals surface area contributed by atoms with Crippen LogP contribution in [-0.4, -0.2) is 58.2 Å². The van der Waals surface area contributed by atoms with Crippen molar-refractivity contribution in [2.75, 3.05) is 27.3 Å². The topological polar surface area (TPSA) is 76.2 Å². The Hall–Kier alpha value is -2.67. The van der Waals surface area contributed by atoms with Gasteiger partial charge in [0.1, 0.15) is 5.82 Å². The molecule has 1 fully saturated rings. The fraction of sp³-hybridized carbons (Fsp3) is 0.450. The number of likely N-dealkylation sites (tertiary alicyclic amines) is 1.